The first-order valence-electron chi connectivity index (χ1n) is 4.38. The van der Waals surface area contributed by atoms with Gasteiger partial charge in [0.25, 0.3) is 0 Å². The highest BCUT2D eigenvalue weighted by Crippen LogP contribution is 2.08. The molecule has 0 heterocycles. The minimum absolute atomic E-state index is 0.302. The Balaban J connectivity index is 4.53. The van der Waals surface area contributed by atoms with Gasteiger partial charge in [-0.25, -0.2) is 0 Å². The van der Waals surface area contributed by atoms with Crippen LogP contribution in [0.2, 0.25) is 0 Å². The molecule has 86 valence electrons. The zero-order valence-corrected chi connectivity index (χ0v) is 9.99. The zero-order valence-electron chi connectivity index (χ0n) is 8.40. The third-order valence-corrected chi connectivity index (χ3v) is 2.67. The highest BCUT2D eigenvalue weighted by molar-refractivity contribution is 9.10. The van der Waals surface area contributed by atoms with Crippen LogP contribution in [0.1, 0.15) is 13.3 Å². The predicted octanol–water partition coefficient (Wildman–Crippen LogP) is -1.04. The summed E-state index contributed by atoms with van der Waals surface area (Å²) in [6, 6.07) is 0. The van der Waals surface area contributed by atoms with Crippen LogP contribution in [0.25, 0.3) is 0 Å². The van der Waals surface area contributed by atoms with Crippen molar-refractivity contribution in [3.05, 3.63) is 0 Å². The first-order valence-corrected chi connectivity index (χ1v) is 5.29. The Kier molecular flexibility index (Phi) is 5.92. The van der Waals surface area contributed by atoms with Gasteiger partial charge in [0, 0.05) is 0 Å². The molecule has 0 spiro atoms. The SMILES string of the molecule is CCC(Br)C(=O)N(CC(N)=O)CC(N)=O. The van der Waals surface area contributed by atoms with Crippen molar-refractivity contribution in [3.63, 3.8) is 0 Å². The maximum atomic E-state index is 11.6. The number of alkyl halides is 1. The Hall–Kier alpha value is -1.11. The van der Waals surface area contributed by atoms with E-state index in [1.54, 1.807) is 6.92 Å². The van der Waals surface area contributed by atoms with Crippen LogP contribution in [0.4, 0.5) is 0 Å². The molecule has 0 aromatic rings. The van der Waals surface area contributed by atoms with Gasteiger partial charge < -0.3 is 16.4 Å². The van der Waals surface area contributed by atoms with Crippen molar-refractivity contribution in [1.82, 2.24) is 4.90 Å². The summed E-state index contributed by atoms with van der Waals surface area (Å²) >= 11 is 3.13. The monoisotopic (exact) mass is 279 g/mol. The van der Waals surface area contributed by atoms with Gasteiger partial charge in [0.1, 0.15) is 0 Å². The molecule has 1 unspecified atom stereocenters. The summed E-state index contributed by atoms with van der Waals surface area (Å²) in [6.07, 6.45) is 0.548. The molecule has 0 saturated carbocycles. The molecule has 15 heavy (non-hydrogen) atoms. The summed E-state index contributed by atoms with van der Waals surface area (Å²) < 4.78 is 0. The number of hydrogen-bond acceptors (Lipinski definition) is 3. The topological polar surface area (TPSA) is 106 Å². The Morgan fingerprint density at radius 2 is 1.60 bits per heavy atom. The summed E-state index contributed by atoms with van der Waals surface area (Å²) in [5.74, 6) is -1.73. The lowest BCUT2D eigenvalue weighted by Crippen LogP contribution is -2.46. The number of nitrogens with zero attached hydrogens (tertiary/aromatic N) is 1. The maximum Gasteiger partial charge on any atom is 0.237 e. The van der Waals surface area contributed by atoms with E-state index in [-0.39, 0.29) is 19.0 Å². The first kappa shape index (κ1) is 13.9. The van der Waals surface area contributed by atoms with Gasteiger partial charge >= 0.3 is 0 Å². The quantitative estimate of drug-likeness (QED) is 0.607. The van der Waals surface area contributed by atoms with Crippen LogP contribution in [0, 0.1) is 0 Å². The molecule has 7 heteroatoms. The number of carbonyl (C=O) groups excluding carboxylic acids is 3. The van der Waals surface area contributed by atoms with Gasteiger partial charge in [-0.1, -0.05) is 22.9 Å². The molecule has 0 aromatic carbocycles. The highest BCUT2D eigenvalue weighted by Gasteiger charge is 2.22. The normalized spacial score (nSPS) is 11.9. The molecule has 6 nitrogen and oxygen atoms in total. The molecule has 0 aliphatic carbocycles. The van der Waals surface area contributed by atoms with E-state index in [2.05, 4.69) is 15.9 Å². The summed E-state index contributed by atoms with van der Waals surface area (Å²) in [4.78, 5) is 33.5. The van der Waals surface area contributed by atoms with Gasteiger partial charge in [-0.05, 0) is 6.42 Å². The van der Waals surface area contributed by atoms with Crippen LogP contribution in [0.3, 0.4) is 0 Å². The number of primary amides is 2. The van der Waals surface area contributed by atoms with Crippen molar-refractivity contribution in [3.8, 4) is 0 Å². The van der Waals surface area contributed by atoms with Gasteiger partial charge in [-0.15, -0.1) is 0 Å². The lowest BCUT2D eigenvalue weighted by atomic mass is 10.3. The molecular formula is C8H14BrN3O3. The van der Waals surface area contributed by atoms with Gasteiger partial charge in [-0.2, -0.15) is 0 Å². The zero-order chi connectivity index (χ0) is 12.0. The smallest absolute Gasteiger partial charge is 0.237 e. The number of hydrogen-bond donors (Lipinski definition) is 2. The molecule has 1 atom stereocenters. The third kappa shape index (κ3) is 5.36. The minimum Gasteiger partial charge on any atom is -0.368 e. The Bertz CT molecular complexity index is 254. The van der Waals surface area contributed by atoms with Gasteiger partial charge in [0.2, 0.25) is 17.7 Å². The van der Waals surface area contributed by atoms with E-state index < -0.39 is 16.6 Å². The van der Waals surface area contributed by atoms with Gasteiger partial charge in [0.15, 0.2) is 0 Å². The minimum atomic E-state index is -0.680. The molecule has 0 radical (unpaired) electrons. The maximum absolute atomic E-state index is 11.6. The fourth-order valence-corrected chi connectivity index (χ4v) is 1.25. The van der Waals surface area contributed by atoms with E-state index in [0.717, 1.165) is 4.90 Å². The largest absolute Gasteiger partial charge is 0.368 e. The van der Waals surface area contributed by atoms with Crippen molar-refractivity contribution in [1.29, 1.82) is 0 Å². The predicted molar refractivity (Wildman–Crippen MR) is 58.0 cm³/mol. The molecule has 0 aliphatic rings. The van der Waals surface area contributed by atoms with Crippen LogP contribution < -0.4 is 11.5 Å². The van der Waals surface area contributed by atoms with E-state index in [9.17, 15) is 14.4 Å². The van der Waals surface area contributed by atoms with E-state index in [1.165, 1.54) is 0 Å². The molecule has 0 bridgehead atoms. The lowest BCUT2D eigenvalue weighted by Gasteiger charge is -2.21. The molecule has 0 rings (SSSR count). The Morgan fingerprint density at radius 3 is 1.87 bits per heavy atom. The summed E-state index contributed by atoms with van der Waals surface area (Å²) in [6.45, 7) is 1.19. The van der Waals surface area contributed by atoms with Crippen LogP contribution >= 0.6 is 15.9 Å². The van der Waals surface area contributed by atoms with Crippen molar-refractivity contribution in [2.45, 2.75) is 18.2 Å². The highest BCUT2D eigenvalue weighted by atomic mass is 79.9. The Morgan fingerprint density at radius 1 is 1.20 bits per heavy atom. The number of rotatable bonds is 6. The van der Waals surface area contributed by atoms with Gasteiger partial charge in [-0.3, -0.25) is 14.4 Å². The van der Waals surface area contributed by atoms with Crippen LogP contribution in [-0.2, 0) is 14.4 Å². The second-order valence-corrected chi connectivity index (χ2v) is 4.11. The second kappa shape index (κ2) is 6.39. The van der Waals surface area contributed by atoms with Gasteiger partial charge in [0.05, 0.1) is 17.9 Å². The summed E-state index contributed by atoms with van der Waals surface area (Å²) in [5, 5.41) is 0. The molecule has 0 fully saturated rings. The third-order valence-electron chi connectivity index (χ3n) is 1.63. The Labute approximate surface area is 96.1 Å². The van der Waals surface area contributed by atoms with Crippen molar-refractivity contribution in [2.24, 2.45) is 11.5 Å². The number of amides is 3. The van der Waals surface area contributed by atoms with Crippen molar-refractivity contribution in [2.75, 3.05) is 13.1 Å². The van der Waals surface area contributed by atoms with E-state index in [4.69, 9.17) is 11.5 Å². The standard InChI is InChI=1S/C8H14BrN3O3/c1-2-5(9)8(15)12(3-6(10)13)4-7(11)14/h5H,2-4H2,1H3,(H2,10,13)(H2,11,14). The number of nitrogens with two attached hydrogens (primary N) is 2. The summed E-state index contributed by atoms with van der Waals surface area (Å²) in [7, 11) is 0. The fourth-order valence-electron chi connectivity index (χ4n) is 0.961. The molecule has 3 amide bonds. The molecule has 0 aromatic heterocycles. The first-order chi connectivity index (χ1) is 6.88. The fraction of sp³-hybridized carbons (Fsp3) is 0.625. The lowest BCUT2D eigenvalue weighted by molar-refractivity contribution is -0.137. The van der Waals surface area contributed by atoms with Crippen LogP contribution in [0.15, 0.2) is 0 Å². The summed E-state index contributed by atoms with van der Waals surface area (Å²) in [5.41, 5.74) is 9.90. The average Bonchev–Trinajstić information content (AvgIpc) is 2.13. The molecular weight excluding hydrogens is 266 g/mol. The average molecular weight is 280 g/mol. The van der Waals surface area contributed by atoms with E-state index in [0.29, 0.717) is 6.42 Å². The molecule has 0 saturated heterocycles. The number of carbonyl (C=O) groups is 3. The van der Waals surface area contributed by atoms with Crippen LogP contribution in [-0.4, -0.2) is 40.5 Å². The number of halogens is 1. The molecule has 4 N–H and O–H groups in total. The van der Waals surface area contributed by atoms with E-state index in [1.807, 2.05) is 0 Å². The van der Waals surface area contributed by atoms with Crippen molar-refractivity contribution < 1.29 is 14.4 Å². The van der Waals surface area contributed by atoms with Crippen molar-refractivity contribution >= 4 is 33.7 Å². The molecule has 0 aliphatic heterocycles. The second-order valence-electron chi connectivity index (χ2n) is 3.00. The van der Waals surface area contributed by atoms with E-state index >= 15 is 0 Å². The van der Waals surface area contributed by atoms with Crippen LogP contribution in [0.5, 0.6) is 0 Å².